The van der Waals surface area contributed by atoms with Gasteiger partial charge in [-0.3, -0.25) is 9.48 Å². The van der Waals surface area contributed by atoms with Gasteiger partial charge in [-0.2, -0.15) is 5.10 Å². The van der Waals surface area contributed by atoms with Gasteiger partial charge < -0.3 is 10.4 Å². The molecule has 2 rings (SSSR count). The van der Waals surface area contributed by atoms with E-state index < -0.39 is 6.10 Å². The molecule has 1 aromatic carbocycles. The SMILES string of the molecule is Cc1cnn(CCC(=O)NCC(O)c2ccccc2Cl)c1. The lowest BCUT2D eigenvalue weighted by atomic mass is 10.1. The molecule has 1 heterocycles. The van der Waals surface area contributed by atoms with Gasteiger partial charge in [0.25, 0.3) is 0 Å². The van der Waals surface area contributed by atoms with Gasteiger partial charge >= 0.3 is 0 Å². The lowest BCUT2D eigenvalue weighted by molar-refractivity contribution is -0.121. The smallest absolute Gasteiger partial charge is 0.221 e. The van der Waals surface area contributed by atoms with Crippen molar-refractivity contribution < 1.29 is 9.90 Å². The van der Waals surface area contributed by atoms with E-state index >= 15 is 0 Å². The number of carbonyl (C=O) groups is 1. The van der Waals surface area contributed by atoms with Gasteiger partial charge in [-0.15, -0.1) is 0 Å². The second-order valence-electron chi connectivity index (χ2n) is 4.87. The van der Waals surface area contributed by atoms with E-state index in [0.717, 1.165) is 5.56 Å². The van der Waals surface area contributed by atoms with Crippen molar-refractivity contribution in [2.45, 2.75) is 26.0 Å². The molecule has 1 amide bonds. The Hall–Kier alpha value is -1.85. The number of nitrogens with one attached hydrogen (secondary N) is 1. The molecule has 0 radical (unpaired) electrons. The van der Waals surface area contributed by atoms with Crippen LogP contribution in [0.2, 0.25) is 5.02 Å². The first-order chi connectivity index (χ1) is 10.1. The van der Waals surface area contributed by atoms with Gasteiger partial charge in [0.2, 0.25) is 5.91 Å². The Labute approximate surface area is 128 Å². The maximum Gasteiger partial charge on any atom is 0.221 e. The molecule has 112 valence electrons. The third-order valence-electron chi connectivity index (χ3n) is 3.09. The summed E-state index contributed by atoms with van der Waals surface area (Å²) in [5.41, 5.74) is 1.67. The zero-order chi connectivity index (χ0) is 15.2. The summed E-state index contributed by atoms with van der Waals surface area (Å²) < 4.78 is 1.72. The molecule has 1 atom stereocenters. The van der Waals surface area contributed by atoms with Crippen LogP contribution in [-0.4, -0.2) is 27.3 Å². The maximum absolute atomic E-state index is 11.7. The minimum absolute atomic E-state index is 0.130. The fourth-order valence-corrected chi connectivity index (χ4v) is 2.22. The van der Waals surface area contributed by atoms with E-state index in [1.54, 1.807) is 35.1 Å². The molecule has 0 saturated carbocycles. The number of hydrogen-bond acceptors (Lipinski definition) is 3. The molecule has 0 spiro atoms. The van der Waals surface area contributed by atoms with Gasteiger partial charge in [0, 0.05) is 36.3 Å². The Morgan fingerprint density at radius 3 is 2.90 bits per heavy atom. The highest BCUT2D eigenvalue weighted by Crippen LogP contribution is 2.21. The quantitative estimate of drug-likeness (QED) is 0.858. The second kappa shape index (κ2) is 7.24. The van der Waals surface area contributed by atoms with Gasteiger partial charge in [-0.25, -0.2) is 0 Å². The molecule has 0 saturated heterocycles. The normalized spacial score (nSPS) is 12.1. The highest BCUT2D eigenvalue weighted by atomic mass is 35.5. The summed E-state index contributed by atoms with van der Waals surface area (Å²) in [7, 11) is 0. The third kappa shape index (κ3) is 4.58. The van der Waals surface area contributed by atoms with Gasteiger partial charge in [0.1, 0.15) is 0 Å². The predicted octanol–water partition coefficient (Wildman–Crippen LogP) is 2.08. The highest BCUT2D eigenvalue weighted by Gasteiger charge is 2.12. The topological polar surface area (TPSA) is 67.2 Å². The highest BCUT2D eigenvalue weighted by molar-refractivity contribution is 6.31. The molecular weight excluding hydrogens is 290 g/mol. The molecule has 5 nitrogen and oxygen atoms in total. The van der Waals surface area contributed by atoms with Gasteiger partial charge in [0.05, 0.1) is 12.3 Å². The Bertz CT molecular complexity index is 612. The van der Waals surface area contributed by atoms with Crippen molar-refractivity contribution in [3.63, 3.8) is 0 Å². The molecule has 1 unspecified atom stereocenters. The number of rotatable bonds is 6. The predicted molar refractivity (Wildman–Crippen MR) is 81.0 cm³/mol. The summed E-state index contributed by atoms with van der Waals surface area (Å²) in [5.74, 6) is -0.130. The number of aliphatic hydroxyl groups is 1. The molecule has 0 aliphatic heterocycles. The number of nitrogens with zero attached hydrogens (tertiary/aromatic N) is 2. The van der Waals surface area contributed by atoms with Crippen molar-refractivity contribution in [3.8, 4) is 0 Å². The molecule has 21 heavy (non-hydrogen) atoms. The van der Waals surface area contributed by atoms with Crippen LogP contribution in [0, 0.1) is 6.92 Å². The molecule has 0 aliphatic rings. The molecule has 1 aromatic heterocycles. The number of halogens is 1. The second-order valence-corrected chi connectivity index (χ2v) is 5.28. The van der Waals surface area contributed by atoms with E-state index in [4.69, 9.17) is 11.6 Å². The van der Waals surface area contributed by atoms with Crippen LogP contribution in [0.25, 0.3) is 0 Å². The minimum atomic E-state index is -0.811. The largest absolute Gasteiger partial charge is 0.387 e. The average Bonchev–Trinajstić information content (AvgIpc) is 2.89. The zero-order valence-electron chi connectivity index (χ0n) is 11.8. The van der Waals surface area contributed by atoms with Crippen LogP contribution >= 0.6 is 11.6 Å². The molecule has 2 aromatic rings. The van der Waals surface area contributed by atoms with E-state index in [1.807, 2.05) is 13.1 Å². The van der Waals surface area contributed by atoms with Crippen molar-refractivity contribution in [1.82, 2.24) is 15.1 Å². The van der Waals surface area contributed by atoms with Crippen LogP contribution < -0.4 is 5.32 Å². The lowest BCUT2D eigenvalue weighted by Crippen LogP contribution is -2.29. The van der Waals surface area contributed by atoms with E-state index in [1.165, 1.54) is 0 Å². The number of aromatic nitrogens is 2. The minimum Gasteiger partial charge on any atom is -0.387 e. The summed E-state index contributed by atoms with van der Waals surface area (Å²) in [5, 5.41) is 17.3. The fraction of sp³-hybridized carbons (Fsp3) is 0.333. The number of benzene rings is 1. The number of hydrogen-bond donors (Lipinski definition) is 2. The standard InChI is InChI=1S/C15H18ClN3O2/c1-11-8-18-19(10-11)7-6-15(21)17-9-14(20)12-4-2-3-5-13(12)16/h2-5,8,10,14,20H,6-7,9H2,1H3,(H,17,21). The van der Waals surface area contributed by atoms with Gasteiger partial charge in [-0.05, 0) is 18.6 Å². The Balaban J connectivity index is 1.77. The van der Waals surface area contributed by atoms with Gasteiger partial charge in [0.15, 0.2) is 0 Å². The molecule has 2 N–H and O–H groups in total. The van der Waals surface area contributed by atoms with Crippen molar-refractivity contribution in [1.29, 1.82) is 0 Å². The summed E-state index contributed by atoms with van der Waals surface area (Å²) in [6.45, 7) is 2.60. The maximum atomic E-state index is 11.7. The number of aryl methyl sites for hydroxylation is 2. The van der Waals surface area contributed by atoms with Crippen LogP contribution in [0.3, 0.4) is 0 Å². The van der Waals surface area contributed by atoms with Crippen molar-refractivity contribution in [2.75, 3.05) is 6.54 Å². The Kier molecular flexibility index (Phi) is 5.36. The third-order valence-corrected chi connectivity index (χ3v) is 3.43. The van der Waals surface area contributed by atoms with E-state index in [9.17, 15) is 9.90 Å². The number of amides is 1. The van der Waals surface area contributed by atoms with Gasteiger partial charge in [-0.1, -0.05) is 29.8 Å². The van der Waals surface area contributed by atoms with Crippen molar-refractivity contribution >= 4 is 17.5 Å². The molecule has 0 aliphatic carbocycles. The Morgan fingerprint density at radius 2 is 2.24 bits per heavy atom. The van der Waals surface area contributed by atoms with E-state index in [-0.39, 0.29) is 12.5 Å². The molecule has 6 heteroatoms. The van der Waals surface area contributed by atoms with Crippen molar-refractivity contribution in [2.24, 2.45) is 0 Å². The monoisotopic (exact) mass is 307 g/mol. The number of aliphatic hydroxyl groups excluding tert-OH is 1. The summed E-state index contributed by atoms with van der Waals surface area (Å²) in [6.07, 6.45) is 3.14. The number of carbonyl (C=O) groups excluding carboxylic acids is 1. The zero-order valence-corrected chi connectivity index (χ0v) is 12.5. The molecule has 0 fully saturated rings. The summed E-state index contributed by atoms with van der Waals surface area (Å²) in [6, 6.07) is 7.04. The first kappa shape index (κ1) is 15.5. The average molecular weight is 308 g/mol. The Morgan fingerprint density at radius 1 is 1.48 bits per heavy atom. The lowest BCUT2D eigenvalue weighted by Gasteiger charge is -2.13. The van der Waals surface area contributed by atoms with Crippen LogP contribution in [-0.2, 0) is 11.3 Å². The van der Waals surface area contributed by atoms with Crippen LogP contribution in [0.5, 0.6) is 0 Å². The van der Waals surface area contributed by atoms with Crippen LogP contribution in [0.1, 0.15) is 23.7 Å². The first-order valence-electron chi connectivity index (χ1n) is 6.74. The van der Waals surface area contributed by atoms with E-state index in [0.29, 0.717) is 23.6 Å². The fourth-order valence-electron chi connectivity index (χ4n) is 1.96. The van der Waals surface area contributed by atoms with Crippen LogP contribution in [0.4, 0.5) is 0 Å². The van der Waals surface area contributed by atoms with E-state index in [2.05, 4.69) is 10.4 Å². The first-order valence-corrected chi connectivity index (χ1v) is 7.12. The molecule has 0 bridgehead atoms. The molecular formula is C15H18ClN3O2. The van der Waals surface area contributed by atoms with Crippen molar-refractivity contribution in [3.05, 3.63) is 52.8 Å². The summed E-state index contributed by atoms with van der Waals surface area (Å²) >= 11 is 5.99. The summed E-state index contributed by atoms with van der Waals surface area (Å²) in [4.78, 5) is 11.7. The van der Waals surface area contributed by atoms with Crippen LogP contribution in [0.15, 0.2) is 36.7 Å².